The van der Waals surface area contributed by atoms with Crippen LogP contribution in [0.2, 0.25) is 0 Å². The molecule has 1 aromatic heterocycles. The number of carbonyl (C=O) groups is 3. The zero-order valence-corrected chi connectivity index (χ0v) is 24.2. The molecule has 40 heavy (non-hydrogen) atoms. The molecule has 8 nitrogen and oxygen atoms in total. The number of rotatable bonds is 14. The van der Waals surface area contributed by atoms with Gasteiger partial charge in [0.05, 0.1) is 0 Å². The van der Waals surface area contributed by atoms with Crippen LogP contribution in [0.1, 0.15) is 57.4 Å². The van der Waals surface area contributed by atoms with Gasteiger partial charge in [0.15, 0.2) is 0 Å². The maximum Gasteiger partial charge on any atom is 0.255 e. The van der Waals surface area contributed by atoms with Gasteiger partial charge in [-0.15, -0.1) is 0 Å². The van der Waals surface area contributed by atoms with Crippen LogP contribution in [-0.2, 0) is 27.5 Å². The molecule has 1 unspecified atom stereocenters. The molecule has 2 aromatic carbocycles. The summed E-state index contributed by atoms with van der Waals surface area (Å²) in [5.41, 5.74) is 4.81. The van der Waals surface area contributed by atoms with Gasteiger partial charge in [-0.3, -0.25) is 19.3 Å². The highest BCUT2D eigenvalue weighted by Gasteiger charge is 2.31. The maximum atomic E-state index is 12.8. The van der Waals surface area contributed by atoms with Crippen molar-refractivity contribution in [1.29, 1.82) is 0 Å². The van der Waals surface area contributed by atoms with Gasteiger partial charge in [0.25, 0.3) is 11.8 Å². The molecule has 1 atom stereocenters. The number of hydrogen-bond donors (Lipinski definition) is 2. The fraction of sp³-hybridized carbons (Fsp3) is 0.438. The van der Waals surface area contributed by atoms with Crippen LogP contribution < -0.4 is 20.1 Å². The Morgan fingerprint density at radius 3 is 2.30 bits per heavy atom. The van der Waals surface area contributed by atoms with E-state index in [4.69, 9.17) is 0 Å². The largest absolute Gasteiger partial charge is 0.377 e. The summed E-state index contributed by atoms with van der Waals surface area (Å²) in [6.45, 7) is 3.70. The van der Waals surface area contributed by atoms with Crippen molar-refractivity contribution in [3.63, 3.8) is 0 Å². The highest BCUT2D eigenvalue weighted by molar-refractivity contribution is 6.13. The fourth-order valence-corrected chi connectivity index (χ4v) is 5.34. The molecule has 0 aliphatic carbocycles. The van der Waals surface area contributed by atoms with Gasteiger partial charge in [-0.25, -0.2) is 0 Å². The van der Waals surface area contributed by atoms with Crippen molar-refractivity contribution in [2.75, 3.05) is 26.0 Å². The number of carbonyl (C=O) groups excluding carboxylic acids is 3. The van der Waals surface area contributed by atoms with Crippen LogP contribution in [0.5, 0.6) is 0 Å². The van der Waals surface area contributed by atoms with Crippen molar-refractivity contribution in [2.45, 2.75) is 71.1 Å². The Kier molecular flexibility index (Phi) is 9.88. The number of amides is 3. The van der Waals surface area contributed by atoms with Crippen molar-refractivity contribution in [3.8, 4) is 0 Å². The molecular weight excluding hydrogens is 502 g/mol. The summed E-state index contributed by atoms with van der Waals surface area (Å²) >= 11 is 0. The third-order valence-corrected chi connectivity index (χ3v) is 7.50. The molecule has 2 N–H and O–H groups in total. The topological polar surface area (TPSA) is 85.6 Å². The van der Waals surface area contributed by atoms with Crippen LogP contribution in [-0.4, -0.2) is 49.9 Å². The molecule has 0 bridgehead atoms. The lowest BCUT2D eigenvalue weighted by molar-refractivity contribution is -0.645. The summed E-state index contributed by atoms with van der Waals surface area (Å²) in [6.07, 6.45) is 7.19. The molecule has 0 saturated carbocycles. The van der Waals surface area contributed by atoms with Crippen molar-refractivity contribution < 1.29 is 19.0 Å². The van der Waals surface area contributed by atoms with E-state index in [1.807, 2.05) is 14.0 Å². The van der Waals surface area contributed by atoms with Crippen LogP contribution in [0.25, 0.3) is 21.8 Å². The summed E-state index contributed by atoms with van der Waals surface area (Å²) in [6, 6.07) is 15.5. The summed E-state index contributed by atoms with van der Waals surface area (Å²) < 4.78 is 2.41. The van der Waals surface area contributed by atoms with Crippen LogP contribution in [0.3, 0.4) is 0 Å². The van der Waals surface area contributed by atoms with Gasteiger partial charge in [0.1, 0.15) is 12.7 Å². The average Bonchev–Trinajstić information content (AvgIpc) is 3.27. The average molecular weight is 545 g/mol. The van der Waals surface area contributed by atoms with E-state index in [0.29, 0.717) is 12.8 Å². The number of aromatic nitrogens is 1. The van der Waals surface area contributed by atoms with Crippen LogP contribution >= 0.6 is 0 Å². The van der Waals surface area contributed by atoms with Gasteiger partial charge in [0.2, 0.25) is 16.9 Å². The Balaban J connectivity index is 1.43. The highest BCUT2D eigenvalue weighted by atomic mass is 16.2. The SMILES string of the molecule is CCCCC(NC(=O)CCCCC[n+]1c2cc(CNC)ccc2cc2ccc(N(C)C)cc21)N1C(=O)C=CC1=O. The molecule has 1 aliphatic heterocycles. The lowest BCUT2D eigenvalue weighted by Gasteiger charge is -2.27. The number of hydrogen-bond acceptors (Lipinski definition) is 5. The first-order chi connectivity index (χ1) is 19.3. The van der Waals surface area contributed by atoms with Gasteiger partial charge in [-0.1, -0.05) is 19.4 Å². The maximum absolute atomic E-state index is 12.8. The number of nitrogens with one attached hydrogen (secondary N) is 2. The van der Waals surface area contributed by atoms with Gasteiger partial charge >= 0.3 is 0 Å². The number of nitrogens with zero attached hydrogens (tertiary/aromatic N) is 3. The molecule has 0 spiro atoms. The number of pyridine rings is 1. The molecule has 3 aromatic rings. The van der Waals surface area contributed by atoms with E-state index < -0.39 is 6.17 Å². The van der Waals surface area contributed by atoms with E-state index in [1.165, 1.54) is 44.4 Å². The Morgan fingerprint density at radius 2 is 1.62 bits per heavy atom. The summed E-state index contributed by atoms with van der Waals surface area (Å²) in [5, 5.41) is 8.60. The van der Waals surface area contributed by atoms with Crippen molar-refractivity contribution in [1.82, 2.24) is 15.5 Å². The Morgan fingerprint density at radius 1 is 0.925 bits per heavy atom. The summed E-state index contributed by atoms with van der Waals surface area (Å²) in [5.74, 6) is -0.841. The minimum absolute atomic E-state index is 0.121. The Bertz CT molecular complexity index is 1400. The predicted octanol–water partition coefficient (Wildman–Crippen LogP) is 4.18. The van der Waals surface area contributed by atoms with Crippen LogP contribution in [0, 0.1) is 0 Å². The third-order valence-electron chi connectivity index (χ3n) is 7.50. The summed E-state index contributed by atoms with van der Waals surface area (Å²) in [4.78, 5) is 40.4. The number of fused-ring (bicyclic) bond motifs is 2. The van der Waals surface area contributed by atoms with Crippen LogP contribution in [0.4, 0.5) is 5.69 Å². The van der Waals surface area contributed by atoms with Crippen molar-refractivity contribution in [3.05, 3.63) is 60.2 Å². The highest BCUT2D eigenvalue weighted by Crippen LogP contribution is 2.24. The first-order valence-electron chi connectivity index (χ1n) is 14.4. The molecule has 0 saturated heterocycles. The smallest absolute Gasteiger partial charge is 0.255 e. The first-order valence-corrected chi connectivity index (χ1v) is 14.4. The molecule has 0 radical (unpaired) electrons. The molecule has 0 fully saturated rings. The molecular formula is C32H42N5O3+. The standard InChI is InChI=1S/C32H41N5O3/c1-5-6-10-29(37-31(39)16-17-32(37)40)34-30(38)11-8-7-9-18-36-27-19-23(22-33-2)12-13-24(27)20-25-14-15-26(35(3)4)21-28(25)36/h12-17,19-21,29,33H,5-11,18,22H2,1-4H3/p+1. The molecule has 4 rings (SSSR count). The number of imide groups is 1. The van der Waals surface area contributed by atoms with E-state index in [0.717, 1.165) is 50.9 Å². The van der Waals surface area contributed by atoms with Gasteiger partial charge in [0, 0.05) is 74.2 Å². The minimum atomic E-state index is -0.585. The second kappa shape index (κ2) is 13.5. The third kappa shape index (κ3) is 6.86. The van der Waals surface area contributed by atoms with E-state index in [1.54, 1.807) is 0 Å². The number of aryl methyl sites for hydroxylation is 1. The number of unbranched alkanes of at least 4 members (excludes halogenated alkanes) is 3. The van der Waals surface area contributed by atoms with Crippen molar-refractivity contribution >= 4 is 45.2 Å². The van der Waals surface area contributed by atoms with E-state index in [2.05, 4.69) is 76.7 Å². The van der Waals surface area contributed by atoms with E-state index in [9.17, 15) is 14.4 Å². The van der Waals surface area contributed by atoms with Crippen LogP contribution in [0.15, 0.2) is 54.6 Å². The number of benzene rings is 2. The fourth-order valence-electron chi connectivity index (χ4n) is 5.34. The van der Waals surface area contributed by atoms with Crippen molar-refractivity contribution in [2.24, 2.45) is 0 Å². The predicted molar refractivity (Wildman–Crippen MR) is 160 cm³/mol. The van der Waals surface area contributed by atoms with Gasteiger partial charge < -0.3 is 15.5 Å². The first kappa shape index (κ1) is 29.2. The quantitative estimate of drug-likeness (QED) is 0.138. The Hall–Kier alpha value is -3.78. The molecule has 212 valence electrons. The lowest BCUT2D eigenvalue weighted by Crippen LogP contribution is -2.50. The van der Waals surface area contributed by atoms with Gasteiger partial charge in [-0.05, 0) is 62.6 Å². The summed E-state index contributed by atoms with van der Waals surface area (Å²) in [7, 11) is 6.07. The second-order valence-corrected chi connectivity index (χ2v) is 10.8. The zero-order chi connectivity index (χ0) is 28.6. The molecule has 3 amide bonds. The van der Waals surface area contributed by atoms with Gasteiger partial charge in [-0.2, -0.15) is 4.57 Å². The lowest BCUT2D eigenvalue weighted by atomic mass is 10.1. The van der Waals surface area contributed by atoms with E-state index in [-0.39, 0.29) is 17.7 Å². The zero-order valence-electron chi connectivity index (χ0n) is 24.2. The second-order valence-electron chi connectivity index (χ2n) is 10.8. The molecule has 8 heteroatoms. The monoisotopic (exact) mass is 544 g/mol. The molecule has 1 aliphatic rings. The number of anilines is 1. The Labute approximate surface area is 237 Å². The minimum Gasteiger partial charge on any atom is -0.377 e. The molecule has 2 heterocycles. The normalized spacial score (nSPS) is 13.9. The van der Waals surface area contributed by atoms with E-state index >= 15 is 0 Å².